The first-order valence-electron chi connectivity index (χ1n) is 10.5. The van der Waals surface area contributed by atoms with E-state index in [0.717, 1.165) is 17.8 Å². The Morgan fingerprint density at radius 3 is 2.32 bits per heavy atom. The van der Waals surface area contributed by atoms with Crippen LogP contribution in [0, 0.1) is 34.5 Å². The first-order chi connectivity index (χ1) is 13.5. The van der Waals surface area contributed by atoms with Crippen LogP contribution in [0.15, 0.2) is 11.8 Å². The van der Waals surface area contributed by atoms with Crippen LogP contribution in [-0.2, 0) is 9.53 Å². The van der Waals surface area contributed by atoms with E-state index in [9.17, 15) is 14.9 Å². The summed E-state index contributed by atoms with van der Waals surface area (Å²) in [6.07, 6.45) is 8.69. The Kier molecular flexibility index (Phi) is 6.48. The van der Waals surface area contributed by atoms with E-state index in [1.54, 1.807) is 6.92 Å². The molecule has 0 saturated heterocycles. The Hall–Kier alpha value is -2.23. The lowest BCUT2D eigenvalue weighted by Gasteiger charge is -2.59. The van der Waals surface area contributed by atoms with Gasteiger partial charge in [-0.2, -0.15) is 5.26 Å². The van der Waals surface area contributed by atoms with Crippen LogP contribution in [0.2, 0.25) is 0 Å². The number of nitrogens with zero attached hydrogens (tertiary/aromatic N) is 1. The predicted octanol–water partition coefficient (Wildman–Crippen LogP) is 2.45. The first-order valence-corrected chi connectivity index (χ1v) is 10.5. The highest BCUT2D eigenvalue weighted by molar-refractivity contribution is 5.97. The van der Waals surface area contributed by atoms with Crippen molar-refractivity contribution in [2.75, 3.05) is 19.7 Å². The van der Waals surface area contributed by atoms with Gasteiger partial charge in [-0.15, -0.1) is 0 Å². The van der Waals surface area contributed by atoms with E-state index in [1.807, 2.05) is 6.07 Å². The van der Waals surface area contributed by atoms with Crippen LogP contribution >= 0.6 is 0 Å². The molecule has 4 bridgehead atoms. The van der Waals surface area contributed by atoms with Gasteiger partial charge in [0.2, 0.25) is 0 Å². The summed E-state index contributed by atoms with van der Waals surface area (Å²) in [6.45, 7) is 4.92. The third kappa shape index (κ3) is 4.60. The van der Waals surface area contributed by atoms with Crippen molar-refractivity contribution >= 4 is 12.0 Å². The van der Waals surface area contributed by atoms with Crippen molar-refractivity contribution in [1.29, 1.82) is 5.26 Å². The molecule has 0 aromatic carbocycles. The molecule has 0 aliphatic heterocycles. The van der Waals surface area contributed by atoms with Gasteiger partial charge in [0.25, 0.3) is 5.91 Å². The summed E-state index contributed by atoms with van der Waals surface area (Å²) in [5.74, 6) is 2.15. The molecule has 0 radical (unpaired) electrons. The number of carbonyl (C=O) groups is 2. The van der Waals surface area contributed by atoms with Gasteiger partial charge in [-0.25, -0.2) is 4.79 Å². The van der Waals surface area contributed by atoms with Crippen LogP contribution in [-0.4, -0.2) is 37.7 Å². The molecule has 0 aromatic heterocycles. The molecule has 3 N–H and O–H groups in total. The number of amides is 2. The standard InChI is InChI=1S/C21H32N4O3/c1-3-28-20(27)24-5-4-23-13-18(12-22)19(26)25-14(2)21-9-15-6-16(10-21)8-17(7-15)11-21/h13-17,23H,3-11H2,1-2H3,(H,24,27)(H,25,26)/b18-13-. The zero-order valence-electron chi connectivity index (χ0n) is 16.9. The van der Waals surface area contributed by atoms with E-state index in [2.05, 4.69) is 22.9 Å². The average Bonchev–Trinajstić information content (AvgIpc) is 2.63. The lowest BCUT2D eigenvalue weighted by Crippen LogP contribution is -2.56. The van der Waals surface area contributed by atoms with Crippen molar-refractivity contribution in [3.63, 3.8) is 0 Å². The molecule has 154 valence electrons. The molecular weight excluding hydrogens is 356 g/mol. The Bertz CT molecular complexity index is 632. The number of hydrogen-bond acceptors (Lipinski definition) is 5. The monoisotopic (exact) mass is 388 g/mol. The maximum atomic E-state index is 12.6. The van der Waals surface area contributed by atoms with Crippen LogP contribution < -0.4 is 16.0 Å². The first kappa shape index (κ1) is 20.5. The van der Waals surface area contributed by atoms with Gasteiger partial charge in [-0.3, -0.25) is 4.79 Å². The molecule has 4 fully saturated rings. The minimum Gasteiger partial charge on any atom is -0.450 e. The third-order valence-electron chi connectivity index (χ3n) is 6.78. The molecule has 1 unspecified atom stereocenters. The smallest absolute Gasteiger partial charge is 0.407 e. The lowest BCUT2D eigenvalue weighted by atomic mass is 9.48. The molecule has 28 heavy (non-hydrogen) atoms. The molecule has 0 spiro atoms. The predicted molar refractivity (Wildman–Crippen MR) is 105 cm³/mol. The van der Waals surface area contributed by atoms with Gasteiger partial charge in [0.1, 0.15) is 11.6 Å². The second-order valence-electron chi connectivity index (χ2n) is 8.75. The number of nitriles is 1. The van der Waals surface area contributed by atoms with Crippen molar-refractivity contribution in [3.8, 4) is 6.07 Å². The molecular formula is C21H32N4O3. The molecule has 0 heterocycles. The number of nitrogens with one attached hydrogen (secondary N) is 3. The second-order valence-corrected chi connectivity index (χ2v) is 8.75. The highest BCUT2D eigenvalue weighted by Crippen LogP contribution is 2.61. The third-order valence-corrected chi connectivity index (χ3v) is 6.78. The minimum atomic E-state index is -0.476. The number of hydrogen-bond donors (Lipinski definition) is 3. The SMILES string of the molecule is CCOC(=O)NCCN/C=C(/C#N)C(=O)NC(C)C12CC3CC(CC(C3)C1)C2. The summed E-state index contributed by atoms with van der Waals surface area (Å²) in [7, 11) is 0. The van der Waals surface area contributed by atoms with E-state index >= 15 is 0 Å². The van der Waals surface area contributed by atoms with Gasteiger partial charge in [-0.1, -0.05) is 0 Å². The van der Waals surface area contributed by atoms with E-state index in [1.165, 1.54) is 44.7 Å². The quantitative estimate of drug-likeness (QED) is 0.337. The van der Waals surface area contributed by atoms with Gasteiger partial charge < -0.3 is 20.7 Å². The van der Waals surface area contributed by atoms with Gasteiger partial charge in [0.05, 0.1) is 6.61 Å². The fourth-order valence-corrected chi connectivity index (χ4v) is 5.88. The maximum absolute atomic E-state index is 12.6. The molecule has 4 aliphatic rings. The molecule has 4 aliphatic carbocycles. The summed E-state index contributed by atoms with van der Waals surface area (Å²) in [6, 6.07) is 2.05. The van der Waals surface area contributed by atoms with Gasteiger partial charge >= 0.3 is 6.09 Å². The number of alkyl carbamates (subject to hydrolysis) is 1. The number of ether oxygens (including phenoxy) is 1. The highest BCUT2D eigenvalue weighted by Gasteiger charge is 2.53. The molecule has 1 atom stereocenters. The van der Waals surface area contributed by atoms with Crippen LogP contribution in [0.3, 0.4) is 0 Å². The van der Waals surface area contributed by atoms with Gasteiger partial charge in [0, 0.05) is 25.3 Å². The van der Waals surface area contributed by atoms with Crippen LogP contribution in [0.5, 0.6) is 0 Å². The van der Waals surface area contributed by atoms with E-state index in [4.69, 9.17) is 4.74 Å². The zero-order valence-corrected chi connectivity index (χ0v) is 16.9. The second kappa shape index (κ2) is 8.85. The molecule has 7 heteroatoms. The number of carbonyl (C=O) groups excluding carboxylic acids is 2. The average molecular weight is 389 g/mol. The lowest BCUT2D eigenvalue weighted by molar-refractivity contribution is -0.122. The Balaban J connectivity index is 1.48. The van der Waals surface area contributed by atoms with Gasteiger partial charge in [-0.05, 0) is 75.5 Å². The number of rotatable bonds is 8. The Morgan fingerprint density at radius 2 is 1.79 bits per heavy atom. The van der Waals surface area contributed by atoms with Crippen molar-refractivity contribution in [3.05, 3.63) is 11.8 Å². The topological polar surface area (TPSA) is 103 Å². The fraction of sp³-hybridized carbons (Fsp3) is 0.762. The fourth-order valence-electron chi connectivity index (χ4n) is 5.88. The Labute approximate surface area is 167 Å². The molecule has 4 rings (SSSR count). The van der Waals surface area contributed by atoms with Crippen LogP contribution in [0.1, 0.15) is 52.4 Å². The van der Waals surface area contributed by atoms with E-state index in [-0.39, 0.29) is 22.9 Å². The van der Waals surface area contributed by atoms with Gasteiger partial charge in [0.15, 0.2) is 0 Å². The summed E-state index contributed by atoms with van der Waals surface area (Å²) >= 11 is 0. The maximum Gasteiger partial charge on any atom is 0.407 e. The zero-order chi connectivity index (χ0) is 20.1. The normalized spacial score (nSPS) is 31.6. The van der Waals surface area contributed by atoms with Crippen molar-refractivity contribution in [1.82, 2.24) is 16.0 Å². The largest absolute Gasteiger partial charge is 0.450 e. The summed E-state index contributed by atoms with van der Waals surface area (Å²) in [4.78, 5) is 23.8. The minimum absolute atomic E-state index is 0.0627. The van der Waals surface area contributed by atoms with E-state index < -0.39 is 6.09 Å². The summed E-state index contributed by atoms with van der Waals surface area (Å²) in [5.41, 5.74) is 0.273. The van der Waals surface area contributed by atoms with Crippen molar-refractivity contribution in [2.24, 2.45) is 23.2 Å². The van der Waals surface area contributed by atoms with Crippen LogP contribution in [0.4, 0.5) is 4.79 Å². The van der Waals surface area contributed by atoms with Crippen LogP contribution in [0.25, 0.3) is 0 Å². The van der Waals surface area contributed by atoms with Crippen molar-refractivity contribution < 1.29 is 14.3 Å². The highest BCUT2D eigenvalue weighted by atomic mass is 16.5. The summed E-state index contributed by atoms with van der Waals surface area (Å²) < 4.78 is 4.76. The molecule has 7 nitrogen and oxygen atoms in total. The molecule has 0 aromatic rings. The van der Waals surface area contributed by atoms with E-state index in [0.29, 0.717) is 19.7 Å². The summed E-state index contributed by atoms with van der Waals surface area (Å²) in [5, 5.41) is 17.9. The molecule has 2 amide bonds. The molecule has 4 saturated carbocycles. The van der Waals surface area contributed by atoms with Crippen molar-refractivity contribution in [2.45, 2.75) is 58.4 Å². The Morgan fingerprint density at radius 1 is 1.18 bits per heavy atom.